The van der Waals surface area contributed by atoms with Crippen molar-refractivity contribution in [1.82, 2.24) is 0 Å². The average molecular weight is 391 g/mol. The molecule has 0 bridgehead atoms. The molecule has 3 nitrogen and oxygen atoms in total. The highest BCUT2D eigenvalue weighted by atomic mass is 28.4. The second kappa shape index (κ2) is 8.48. The van der Waals surface area contributed by atoms with Gasteiger partial charge in [-0.15, -0.1) is 0 Å². The van der Waals surface area contributed by atoms with E-state index >= 15 is 0 Å². The first kappa shape index (κ1) is 20.8. The number of hydrogen-bond acceptors (Lipinski definition) is 3. The van der Waals surface area contributed by atoms with E-state index in [2.05, 4.69) is 75.7 Å². The monoisotopic (exact) mass is 390 g/mol. The number of allylic oxidation sites excluding steroid dienone is 2. The van der Waals surface area contributed by atoms with Crippen LogP contribution in [0.25, 0.3) is 0 Å². The van der Waals surface area contributed by atoms with Gasteiger partial charge in [0.05, 0.1) is 12.2 Å². The molecule has 5 heteroatoms. The lowest BCUT2D eigenvalue weighted by molar-refractivity contribution is 0.105. The first-order valence-electron chi connectivity index (χ1n) is 9.58. The van der Waals surface area contributed by atoms with E-state index < -0.39 is 16.6 Å². The van der Waals surface area contributed by atoms with Crippen molar-refractivity contribution < 1.29 is 13.6 Å². The van der Waals surface area contributed by atoms with E-state index in [0.717, 1.165) is 24.2 Å². The molecule has 1 aromatic rings. The van der Waals surface area contributed by atoms with Crippen LogP contribution in [0.1, 0.15) is 31.2 Å². The number of ether oxygens (including phenoxy) is 1. The zero-order chi connectivity index (χ0) is 19.4. The Bertz CT molecular complexity index is 652. The highest BCUT2D eigenvalue weighted by molar-refractivity contribution is 6.70. The summed E-state index contributed by atoms with van der Waals surface area (Å²) < 4.78 is 18.7. The summed E-state index contributed by atoms with van der Waals surface area (Å²) in [5.41, 5.74) is 2.45. The Hall–Kier alpha value is -1.47. The van der Waals surface area contributed by atoms with Gasteiger partial charge in [-0.3, -0.25) is 0 Å². The molecule has 144 valence electrons. The topological polar surface area (TPSA) is 27.7 Å². The van der Waals surface area contributed by atoms with Crippen LogP contribution in [0.15, 0.2) is 53.7 Å². The molecule has 0 radical (unpaired) electrons. The molecule has 0 heterocycles. The predicted octanol–water partition coefficient (Wildman–Crippen LogP) is 6.40. The first-order valence-corrected chi connectivity index (χ1v) is 16.4. The number of hydrogen-bond donors (Lipinski definition) is 0. The summed E-state index contributed by atoms with van der Waals surface area (Å²) in [6.45, 7) is 15.8. The highest BCUT2D eigenvalue weighted by Crippen LogP contribution is 2.39. The van der Waals surface area contributed by atoms with Crippen LogP contribution < -0.4 is 0 Å². The van der Waals surface area contributed by atoms with Crippen LogP contribution >= 0.6 is 0 Å². The van der Waals surface area contributed by atoms with Gasteiger partial charge < -0.3 is 13.6 Å². The van der Waals surface area contributed by atoms with Gasteiger partial charge in [0.1, 0.15) is 5.76 Å². The van der Waals surface area contributed by atoms with Crippen LogP contribution in [0.4, 0.5) is 0 Å². The molecule has 0 spiro atoms. The van der Waals surface area contributed by atoms with Gasteiger partial charge in [0.25, 0.3) is 5.95 Å². The van der Waals surface area contributed by atoms with Crippen molar-refractivity contribution in [1.29, 1.82) is 0 Å². The van der Waals surface area contributed by atoms with Gasteiger partial charge in [-0.2, -0.15) is 0 Å². The predicted molar refractivity (Wildman–Crippen MR) is 114 cm³/mol. The van der Waals surface area contributed by atoms with E-state index in [1.807, 2.05) is 6.92 Å². The average Bonchev–Trinajstić information content (AvgIpc) is 2.53. The maximum atomic E-state index is 6.41. The molecular formula is C21H34O3Si2. The zero-order valence-electron chi connectivity index (χ0n) is 17.4. The van der Waals surface area contributed by atoms with Crippen LogP contribution in [0, 0.1) is 0 Å². The first-order chi connectivity index (χ1) is 12.1. The van der Waals surface area contributed by atoms with Crippen LogP contribution in [0.5, 0.6) is 0 Å². The molecule has 0 fully saturated rings. The summed E-state index contributed by atoms with van der Waals surface area (Å²) in [7, 11) is -3.50. The number of benzene rings is 1. The van der Waals surface area contributed by atoms with E-state index in [1.54, 1.807) is 0 Å². The fraction of sp³-hybridized carbons (Fsp3) is 0.524. The maximum Gasteiger partial charge on any atom is 0.272 e. The largest absolute Gasteiger partial charge is 0.544 e. The Labute approximate surface area is 161 Å². The molecule has 0 saturated carbocycles. The molecular weight excluding hydrogens is 356 g/mol. The van der Waals surface area contributed by atoms with E-state index in [1.165, 1.54) is 5.56 Å². The third kappa shape index (κ3) is 6.36. The zero-order valence-corrected chi connectivity index (χ0v) is 19.4. The summed E-state index contributed by atoms with van der Waals surface area (Å²) in [5, 5.41) is 0. The van der Waals surface area contributed by atoms with Gasteiger partial charge in [-0.1, -0.05) is 30.3 Å². The Balaban J connectivity index is 2.44. The molecule has 0 aliphatic heterocycles. The van der Waals surface area contributed by atoms with Crippen molar-refractivity contribution in [3.8, 4) is 0 Å². The molecule has 0 aromatic heterocycles. The minimum atomic E-state index is -1.79. The number of rotatable bonds is 7. The molecule has 1 aliphatic rings. The fourth-order valence-electron chi connectivity index (χ4n) is 2.99. The minimum absolute atomic E-state index is 0.431. The third-order valence-electron chi connectivity index (χ3n) is 3.94. The summed E-state index contributed by atoms with van der Waals surface area (Å²) in [6, 6.07) is 10.7. The quantitative estimate of drug-likeness (QED) is 0.398. The lowest BCUT2D eigenvalue weighted by Gasteiger charge is -2.32. The molecule has 0 N–H and O–H groups in total. The van der Waals surface area contributed by atoms with Gasteiger partial charge in [0, 0.05) is 0 Å². The maximum absolute atomic E-state index is 6.41. The normalized spacial score (nSPS) is 20.3. The van der Waals surface area contributed by atoms with Crippen LogP contribution in [-0.4, -0.2) is 23.2 Å². The molecule has 2 rings (SSSR count). The van der Waals surface area contributed by atoms with Gasteiger partial charge in [0.2, 0.25) is 16.6 Å². The molecule has 1 aliphatic carbocycles. The van der Waals surface area contributed by atoms with Gasteiger partial charge in [-0.25, -0.2) is 0 Å². The van der Waals surface area contributed by atoms with E-state index in [0.29, 0.717) is 18.5 Å². The fourth-order valence-corrected chi connectivity index (χ4v) is 4.59. The second-order valence-corrected chi connectivity index (χ2v) is 17.6. The molecule has 1 aromatic carbocycles. The van der Waals surface area contributed by atoms with Crippen LogP contribution in [0.2, 0.25) is 39.3 Å². The summed E-state index contributed by atoms with van der Waals surface area (Å²) in [6.07, 6.45) is 4.11. The Kier molecular flexibility index (Phi) is 6.80. The standard InChI is InChI=1S/C21H34O3Si2/c1-8-22-21(24-26(5,6)7)19-16-18(17-12-10-9-11-13-17)14-15-20(19)23-25(2,3)4/h9-13,15,18H,8,14,16H2,1-7H3/b21-19-. The molecule has 1 unspecified atom stereocenters. The van der Waals surface area contributed by atoms with Gasteiger partial charge in [0.15, 0.2) is 0 Å². The van der Waals surface area contributed by atoms with E-state index in [4.69, 9.17) is 13.6 Å². The highest BCUT2D eigenvalue weighted by Gasteiger charge is 2.31. The summed E-state index contributed by atoms with van der Waals surface area (Å²) in [4.78, 5) is 0. The van der Waals surface area contributed by atoms with Gasteiger partial charge >= 0.3 is 0 Å². The van der Waals surface area contributed by atoms with Crippen molar-refractivity contribution >= 4 is 16.6 Å². The summed E-state index contributed by atoms with van der Waals surface area (Å²) in [5.74, 6) is 2.08. The minimum Gasteiger partial charge on any atom is -0.544 e. The van der Waals surface area contributed by atoms with Crippen molar-refractivity contribution in [2.45, 2.75) is 65.0 Å². The SMILES string of the molecule is CCO/C(O[Si](C)(C)C)=C1\CC(c2ccccc2)CC=C1O[Si](C)(C)C. The van der Waals surface area contributed by atoms with Crippen LogP contribution in [0.3, 0.4) is 0 Å². The second-order valence-electron chi connectivity index (χ2n) is 8.74. The Morgan fingerprint density at radius 1 is 1.00 bits per heavy atom. The lowest BCUT2D eigenvalue weighted by atomic mass is 9.84. The van der Waals surface area contributed by atoms with Crippen LogP contribution in [-0.2, 0) is 13.6 Å². The molecule has 0 saturated heterocycles. The van der Waals surface area contributed by atoms with Crippen molar-refractivity contribution in [3.05, 3.63) is 59.2 Å². The van der Waals surface area contributed by atoms with E-state index in [-0.39, 0.29) is 0 Å². The lowest BCUT2D eigenvalue weighted by Crippen LogP contribution is -2.30. The molecule has 26 heavy (non-hydrogen) atoms. The summed E-state index contributed by atoms with van der Waals surface area (Å²) >= 11 is 0. The third-order valence-corrected chi connectivity index (χ3v) is 5.57. The van der Waals surface area contributed by atoms with Crippen molar-refractivity contribution in [2.24, 2.45) is 0 Å². The molecule has 0 amide bonds. The van der Waals surface area contributed by atoms with Gasteiger partial charge in [-0.05, 0) is 76.6 Å². The Morgan fingerprint density at radius 3 is 2.19 bits per heavy atom. The van der Waals surface area contributed by atoms with E-state index in [9.17, 15) is 0 Å². The van der Waals surface area contributed by atoms with Crippen molar-refractivity contribution in [2.75, 3.05) is 6.61 Å². The Morgan fingerprint density at radius 2 is 1.65 bits per heavy atom. The molecule has 1 atom stereocenters. The van der Waals surface area contributed by atoms with Crippen molar-refractivity contribution in [3.63, 3.8) is 0 Å². The smallest absolute Gasteiger partial charge is 0.272 e.